The molecule has 1 aliphatic rings. The number of hydrogen-bond acceptors (Lipinski definition) is 3. The zero-order chi connectivity index (χ0) is 13.0. The van der Waals surface area contributed by atoms with E-state index in [9.17, 15) is 0 Å². The zero-order valence-corrected chi connectivity index (χ0v) is 11.1. The minimum atomic E-state index is 0.509. The summed E-state index contributed by atoms with van der Waals surface area (Å²) in [5.41, 5.74) is 4.90. The van der Waals surface area contributed by atoms with Crippen molar-refractivity contribution >= 4 is 5.96 Å². The first kappa shape index (κ1) is 12.9. The maximum Gasteiger partial charge on any atom is 0.206 e. The van der Waals surface area contributed by atoms with Crippen LogP contribution in [0, 0.1) is 6.92 Å². The van der Waals surface area contributed by atoms with Crippen LogP contribution in [0.2, 0.25) is 0 Å². The van der Waals surface area contributed by atoms with Crippen molar-refractivity contribution < 1.29 is 0 Å². The predicted octanol–water partition coefficient (Wildman–Crippen LogP) is 0.580. The second kappa shape index (κ2) is 5.86. The van der Waals surface area contributed by atoms with Crippen LogP contribution in [0.4, 0.5) is 0 Å². The normalized spacial score (nSPS) is 17.2. The Morgan fingerprint density at radius 2 is 2.28 bits per heavy atom. The molecule has 6 heteroatoms. The molecule has 18 heavy (non-hydrogen) atoms. The van der Waals surface area contributed by atoms with Gasteiger partial charge in [-0.15, -0.1) is 0 Å². The summed E-state index contributed by atoms with van der Waals surface area (Å²) in [7, 11) is 1.93. The van der Waals surface area contributed by atoms with Gasteiger partial charge in [0.1, 0.15) is 0 Å². The lowest BCUT2D eigenvalue weighted by Gasteiger charge is -2.14. The summed E-state index contributed by atoms with van der Waals surface area (Å²) in [5.74, 6) is 6.17. The Bertz CT molecular complexity index is 416. The summed E-state index contributed by atoms with van der Waals surface area (Å²) in [6.07, 6.45) is 6.83. The number of aliphatic imine (C=N–C) groups is 1. The van der Waals surface area contributed by atoms with Crippen LogP contribution in [0.15, 0.2) is 11.2 Å². The Kier molecular flexibility index (Phi) is 4.19. The fourth-order valence-electron chi connectivity index (χ4n) is 2.26. The van der Waals surface area contributed by atoms with Gasteiger partial charge in [0.2, 0.25) is 5.96 Å². The summed E-state index contributed by atoms with van der Waals surface area (Å²) >= 11 is 0. The zero-order valence-electron chi connectivity index (χ0n) is 11.1. The highest BCUT2D eigenvalue weighted by molar-refractivity contribution is 5.79. The Morgan fingerprint density at radius 1 is 1.56 bits per heavy atom. The van der Waals surface area contributed by atoms with E-state index in [1.807, 2.05) is 24.9 Å². The molecule has 0 spiro atoms. The van der Waals surface area contributed by atoms with Gasteiger partial charge in [-0.1, -0.05) is 12.8 Å². The van der Waals surface area contributed by atoms with Crippen molar-refractivity contribution in [3.8, 4) is 0 Å². The van der Waals surface area contributed by atoms with Gasteiger partial charge in [-0.25, -0.2) is 10.8 Å². The number of nitrogens with two attached hydrogens (primary N) is 1. The third-order valence-corrected chi connectivity index (χ3v) is 3.58. The van der Waals surface area contributed by atoms with Gasteiger partial charge in [0, 0.05) is 24.3 Å². The smallest absolute Gasteiger partial charge is 0.206 e. The SMILES string of the molecule is Cc1c(CN=C(NN)NC2CCCC2)cnn1C. The molecule has 1 fully saturated rings. The van der Waals surface area contributed by atoms with Crippen molar-refractivity contribution in [3.63, 3.8) is 0 Å². The molecular formula is C12H22N6. The fraction of sp³-hybridized carbons (Fsp3) is 0.667. The molecule has 1 aromatic heterocycles. The fourth-order valence-corrected chi connectivity index (χ4v) is 2.26. The summed E-state index contributed by atoms with van der Waals surface area (Å²) < 4.78 is 1.85. The second-order valence-electron chi connectivity index (χ2n) is 4.81. The summed E-state index contributed by atoms with van der Waals surface area (Å²) in [6, 6.07) is 0.509. The number of hydrogen-bond donors (Lipinski definition) is 3. The first-order valence-electron chi connectivity index (χ1n) is 6.45. The molecule has 0 radical (unpaired) electrons. The van der Waals surface area contributed by atoms with Crippen molar-refractivity contribution in [2.24, 2.45) is 17.9 Å². The van der Waals surface area contributed by atoms with Crippen LogP contribution in [0.1, 0.15) is 36.9 Å². The minimum absolute atomic E-state index is 0.509. The molecule has 0 atom stereocenters. The van der Waals surface area contributed by atoms with Crippen LogP contribution < -0.4 is 16.6 Å². The monoisotopic (exact) mass is 250 g/mol. The van der Waals surface area contributed by atoms with Gasteiger partial charge in [0.25, 0.3) is 0 Å². The summed E-state index contributed by atoms with van der Waals surface area (Å²) in [4.78, 5) is 4.47. The highest BCUT2D eigenvalue weighted by Gasteiger charge is 2.15. The molecule has 4 N–H and O–H groups in total. The molecule has 0 aliphatic heterocycles. The van der Waals surface area contributed by atoms with Gasteiger partial charge in [0.15, 0.2) is 0 Å². The molecule has 100 valence electrons. The predicted molar refractivity (Wildman–Crippen MR) is 71.8 cm³/mol. The molecule has 0 aromatic carbocycles. The van der Waals surface area contributed by atoms with Crippen LogP contribution >= 0.6 is 0 Å². The third-order valence-electron chi connectivity index (χ3n) is 3.58. The van der Waals surface area contributed by atoms with Crippen molar-refractivity contribution in [1.82, 2.24) is 20.5 Å². The Hall–Kier alpha value is -1.56. The Morgan fingerprint density at radius 3 is 2.83 bits per heavy atom. The van der Waals surface area contributed by atoms with E-state index in [1.165, 1.54) is 25.7 Å². The lowest BCUT2D eigenvalue weighted by Crippen LogP contribution is -2.45. The van der Waals surface area contributed by atoms with Crippen molar-refractivity contribution in [2.45, 2.75) is 45.2 Å². The van der Waals surface area contributed by atoms with Crippen LogP contribution in [0.25, 0.3) is 0 Å². The maximum absolute atomic E-state index is 5.49. The van der Waals surface area contributed by atoms with Gasteiger partial charge < -0.3 is 5.32 Å². The molecule has 0 unspecified atom stereocenters. The number of nitrogens with zero attached hydrogens (tertiary/aromatic N) is 3. The number of aryl methyl sites for hydroxylation is 1. The third kappa shape index (κ3) is 3.01. The van der Waals surface area contributed by atoms with E-state index in [0.29, 0.717) is 18.5 Å². The number of hydrazine groups is 1. The highest BCUT2D eigenvalue weighted by Crippen LogP contribution is 2.17. The summed E-state index contributed by atoms with van der Waals surface area (Å²) in [5, 5.41) is 7.55. The Labute approximate surface area is 108 Å². The number of aromatic nitrogens is 2. The molecule has 0 amide bonds. The van der Waals surface area contributed by atoms with Gasteiger partial charge >= 0.3 is 0 Å². The van der Waals surface area contributed by atoms with Crippen molar-refractivity contribution in [1.29, 1.82) is 0 Å². The minimum Gasteiger partial charge on any atom is -0.353 e. The van der Waals surface area contributed by atoms with E-state index in [4.69, 9.17) is 5.84 Å². The maximum atomic E-state index is 5.49. The molecule has 1 saturated carbocycles. The van der Waals surface area contributed by atoms with Gasteiger partial charge in [-0.3, -0.25) is 10.1 Å². The van der Waals surface area contributed by atoms with E-state index in [0.717, 1.165) is 11.3 Å². The molecule has 0 bridgehead atoms. The molecule has 1 heterocycles. The van der Waals surface area contributed by atoms with E-state index >= 15 is 0 Å². The van der Waals surface area contributed by atoms with Gasteiger partial charge in [-0.05, 0) is 19.8 Å². The lowest BCUT2D eigenvalue weighted by molar-refractivity contribution is 0.614. The first-order valence-corrected chi connectivity index (χ1v) is 6.45. The molecule has 1 aromatic rings. The molecular weight excluding hydrogens is 228 g/mol. The molecule has 0 saturated heterocycles. The van der Waals surface area contributed by atoms with Crippen LogP contribution in [-0.2, 0) is 13.6 Å². The van der Waals surface area contributed by atoms with E-state index in [2.05, 4.69) is 20.8 Å². The van der Waals surface area contributed by atoms with Crippen LogP contribution in [0.5, 0.6) is 0 Å². The van der Waals surface area contributed by atoms with Crippen molar-refractivity contribution in [3.05, 3.63) is 17.5 Å². The lowest BCUT2D eigenvalue weighted by atomic mass is 10.2. The number of guanidine groups is 1. The standard InChI is InChI=1S/C12H22N6/c1-9-10(8-15-18(9)2)7-14-12(17-13)16-11-5-3-4-6-11/h8,11H,3-7,13H2,1-2H3,(H2,14,16,17). The molecule has 1 aliphatic carbocycles. The largest absolute Gasteiger partial charge is 0.353 e. The first-order chi connectivity index (χ1) is 8.70. The van der Waals surface area contributed by atoms with Gasteiger partial charge in [0.05, 0.1) is 12.7 Å². The van der Waals surface area contributed by atoms with Crippen LogP contribution in [0.3, 0.4) is 0 Å². The van der Waals surface area contributed by atoms with Crippen LogP contribution in [-0.4, -0.2) is 21.8 Å². The quantitative estimate of drug-likeness (QED) is 0.317. The average Bonchev–Trinajstić information content (AvgIpc) is 2.98. The topological polar surface area (TPSA) is 80.3 Å². The van der Waals surface area contributed by atoms with Gasteiger partial charge in [-0.2, -0.15) is 5.10 Å². The molecule has 6 nitrogen and oxygen atoms in total. The van der Waals surface area contributed by atoms with E-state index < -0.39 is 0 Å². The second-order valence-corrected chi connectivity index (χ2v) is 4.81. The summed E-state index contributed by atoms with van der Waals surface area (Å²) in [6.45, 7) is 2.64. The Balaban J connectivity index is 1.94. The van der Waals surface area contributed by atoms with Crippen molar-refractivity contribution in [2.75, 3.05) is 0 Å². The van der Waals surface area contributed by atoms with E-state index in [-0.39, 0.29) is 0 Å². The number of rotatable bonds is 3. The highest BCUT2D eigenvalue weighted by atomic mass is 15.3. The molecule has 2 rings (SSSR count). The number of nitrogens with one attached hydrogen (secondary N) is 2. The average molecular weight is 250 g/mol. The van der Waals surface area contributed by atoms with E-state index in [1.54, 1.807) is 0 Å².